The van der Waals surface area contributed by atoms with E-state index in [1.807, 2.05) is 19.9 Å². The Morgan fingerprint density at radius 1 is 1.15 bits per heavy atom. The number of hydrogen-bond acceptors (Lipinski definition) is 4. The second-order valence-corrected chi connectivity index (χ2v) is 7.35. The zero-order chi connectivity index (χ0) is 18.6. The molecule has 0 aliphatic rings. The fourth-order valence-electron chi connectivity index (χ4n) is 2.53. The lowest BCUT2D eigenvalue weighted by Gasteiger charge is -2.11. The largest absolute Gasteiger partial charge is 0.381 e. The van der Waals surface area contributed by atoms with Crippen LogP contribution in [0.5, 0.6) is 0 Å². The first-order chi connectivity index (χ1) is 12.7. The number of hydrogen-bond donors (Lipinski definition) is 2. The Balaban J connectivity index is 0.00000364. The molecule has 7 heteroatoms. The van der Waals surface area contributed by atoms with Crippen LogP contribution in [0.25, 0.3) is 0 Å². The maximum Gasteiger partial charge on any atom is 0.191 e. The van der Waals surface area contributed by atoms with Gasteiger partial charge >= 0.3 is 0 Å². The molecule has 27 heavy (non-hydrogen) atoms. The first kappa shape index (κ1) is 23.8. The van der Waals surface area contributed by atoms with Crippen LogP contribution in [0.3, 0.4) is 0 Å². The summed E-state index contributed by atoms with van der Waals surface area (Å²) in [7, 11) is 0. The van der Waals surface area contributed by atoms with Gasteiger partial charge in [-0.1, -0.05) is 30.3 Å². The molecular formula is C20H31IN4OS. The topological polar surface area (TPSA) is 58.5 Å². The summed E-state index contributed by atoms with van der Waals surface area (Å²) in [4.78, 5) is 10.3. The average Bonchev–Trinajstić information content (AvgIpc) is 2.97. The smallest absolute Gasteiger partial charge is 0.191 e. The molecule has 1 aromatic heterocycles. The zero-order valence-electron chi connectivity index (χ0n) is 16.5. The fourth-order valence-corrected chi connectivity index (χ4v) is 3.39. The van der Waals surface area contributed by atoms with Crippen LogP contribution in [0.1, 0.15) is 34.5 Å². The molecule has 1 heterocycles. The van der Waals surface area contributed by atoms with Gasteiger partial charge in [-0.05, 0) is 39.2 Å². The van der Waals surface area contributed by atoms with Crippen molar-refractivity contribution in [3.8, 4) is 0 Å². The number of ether oxygens (including phenoxy) is 1. The van der Waals surface area contributed by atoms with Crippen molar-refractivity contribution in [3.05, 3.63) is 51.5 Å². The number of aryl methyl sites for hydroxylation is 2. The molecule has 0 saturated heterocycles. The number of benzene rings is 1. The van der Waals surface area contributed by atoms with E-state index < -0.39 is 0 Å². The van der Waals surface area contributed by atoms with Gasteiger partial charge in [0.25, 0.3) is 0 Å². The Kier molecular flexibility index (Phi) is 12.3. The summed E-state index contributed by atoms with van der Waals surface area (Å²) >= 11 is 1.72. The highest BCUT2D eigenvalue weighted by Crippen LogP contribution is 2.17. The highest BCUT2D eigenvalue weighted by molar-refractivity contribution is 14.0. The summed E-state index contributed by atoms with van der Waals surface area (Å²) < 4.78 is 5.72. The van der Waals surface area contributed by atoms with Gasteiger partial charge in [0.1, 0.15) is 0 Å². The van der Waals surface area contributed by atoms with E-state index in [1.165, 1.54) is 10.4 Å². The number of nitrogens with zero attached hydrogens (tertiary/aromatic N) is 2. The van der Waals surface area contributed by atoms with E-state index in [0.717, 1.165) is 55.8 Å². The Labute approximate surface area is 184 Å². The van der Waals surface area contributed by atoms with E-state index in [4.69, 9.17) is 4.74 Å². The summed E-state index contributed by atoms with van der Waals surface area (Å²) in [5, 5.41) is 7.75. The number of rotatable bonds is 10. The summed E-state index contributed by atoms with van der Waals surface area (Å²) in [5.74, 6) is 0.849. The van der Waals surface area contributed by atoms with Crippen molar-refractivity contribution in [1.29, 1.82) is 0 Å². The third kappa shape index (κ3) is 9.53. The minimum absolute atomic E-state index is 0. The number of nitrogens with one attached hydrogen (secondary N) is 2. The van der Waals surface area contributed by atoms with Gasteiger partial charge in [-0.2, -0.15) is 0 Å². The standard InChI is InChI=1S/C20H30N4OS.HI/c1-4-21-20(23-15-19-16(2)24-17(3)26-19)22-12-8-13-25-14-11-18-9-6-5-7-10-18;/h5-7,9-10H,4,8,11-15H2,1-3H3,(H2,21,22,23);1H. The van der Waals surface area contributed by atoms with Crippen LogP contribution in [0.4, 0.5) is 0 Å². The SMILES string of the molecule is CCNC(=NCc1sc(C)nc1C)NCCCOCCc1ccccc1.I. The highest BCUT2D eigenvalue weighted by atomic mass is 127. The molecular weight excluding hydrogens is 471 g/mol. The van der Waals surface area contributed by atoms with Crippen molar-refractivity contribution in [1.82, 2.24) is 15.6 Å². The van der Waals surface area contributed by atoms with Gasteiger partial charge in [0.2, 0.25) is 0 Å². The number of aliphatic imine (C=N–C) groups is 1. The van der Waals surface area contributed by atoms with Crippen molar-refractivity contribution in [2.75, 3.05) is 26.3 Å². The minimum atomic E-state index is 0. The molecule has 2 aromatic rings. The van der Waals surface area contributed by atoms with Gasteiger partial charge in [-0.15, -0.1) is 35.3 Å². The van der Waals surface area contributed by atoms with Gasteiger partial charge < -0.3 is 15.4 Å². The fraction of sp³-hybridized carbons (Fsp3) is 0.500. The number of thiazole rings is 1. The third-order valence-electron chi connectivity index (χ3n) is 3.86. The lowest BCUT2D eigenvalue weighted by molar-refractivity contribution is 0.135. The molecule has 5 nitrogen and oxygen atoms in total. The number of halogens is 1. The lowest BCUT2D eigenvalue weighted by Crippen LogP contribution is -2.38. The Morgan fingerprint density at radius 2 is 1.93 bits per heavy atom. The first-order valence-corrected chi connectivity index (χ1v) is 10.1. The Bertz CT molecular complexity index is 676. The molecule has 1 aromatic carbocycles. The summed E-state index contributed by atoms with van der Waals surface area (Å²) in [6, 6.07) is 10.4. The van der Waals surface area contributed by atoms with Crippen LogP contribution in [0.2, 0.25) is 0 Å². The van der Waals surface area contributed by atoms with Crippen molar-refractivity contribution >= 4 is 41.3 Å². The Hall–Kier alpha value is -1.19. The molecule has 2 rings (SSSR count). The quantitative estimate of drug-likeness (QED) is 0.223. The molecule has 0 spiro atoms. The molecule has 0 atom stereocenters. The number of guanidine groups is 1. The molecule has 0 bridgehead atoms. The van der Waals surface area contributed by atoms with Gasteiger partial charge in [-0.3, -0.25) is 0 Å². The maximum absolute atomic E-state index is 5.72. The molecule has 2 N–H and O–H groups in total. The zero-order valence-corrected chi connectivity index (χ0v) is 19.6. The molecule has 0 amide bonds. The van der Waals surface area contributed by atoms with E-state index in [1.54, 1.807) is 11.3 Å². The van der Waals surface area contributed by atoms with Gasteiger partial charge in [0.15, 0.2) is 5.96 Å². The molecule has 0 unspecified atom stereocenters. The van der Waals surface area contributed by atoms with Crippen LogP contribution in [-0.2, 0) is 17.7 Å². The average molecular weight is 502 g/mol. The van der Waals surface area contributed by atoms with Crippen molar-refractivity contribution in [2.24, 2.45) is 4.99 Å². The highest BCUT2D eigenvalue weighted by Gasteiger charge is 2.04. The molecule has 150 valence electrons. The molecule has 0 saturated carbocycles. The van der Waals surface area contributed by atoms with Gasteiger partial charge in [-0.25, -0.2) is 9.98 Å². The maximum atomic E-state index is 5.72. The van der Waals surface area contributed by atoms with E-state index in [-0.39, 0.29) is 24.0 Å². The second-order valence-electron chi connectivity index (χ2n) is 6.06. The second kappa shape index (κ2) is 13.9. The van der Waals surface area contributed by atoms with Gasteiger partial charge in [0, 0.05) is 24.6 Å². The monoisotopic (exact) mass is 502 g/mol. The van der Waals surface area contributed by atoms with Crippen LogP contribution in [0.15, 0.2) is 35.3 Å². The molecule has 0 aliphatic heterocycles. The molecule has 0 aliphatic carbocycles. The Morgan fingerprint density at radius 3 is 2.59 bits per heavy atom. The normalized spacial score (nSPS) is 11.1. The molecule has 0 radical (unpaired) electrons. The van der Waals surface area contributed by atoms with Crippen LogP contribution in [0, 0.1) is 13.8 Å². The van der Waals surface area contributed by atoms with Crippen molar-refractivity contribution in [3.63, 3.8) is 0 Å². The molecule has 0 fully saturated rings. The van der Waals surface area contributed by atoms with Crippen molar-refractivity contribution < 1.29 is 4.74 Å². The van der Waals surface area contributed by atoms with E-state index >= 15 is 0 Å². The predicted octanol–water partition coefficient (Wildman–Crippen LogP) is 4.08. The van der Waals surface area contributed by atoms with E-state index in [2.05, 4.69) is 51.8 Å². The van der Waals surface area contributed by atoms with Crippen LogP contribution in [-0.4, -0.2) is 37.2 Å². The minimum Gasteiger partial charge on any atom is -0.381 e. The van der Waals surface area contributed by atoms with E-state index in [9.17, 15) is 0 Å². The first-order valence-electron chi connectivity index (χ1n) is 9.25. The summed E-state index contributed by atoms with van der Waals surface area (Å²) in [5.41, 5.74) is 2.40. The van der Waals surface area contributed by atoms with E-state index in [0.29, 0.717) is 6.54 Å². The third-order valence-corrected chi connectivity index (χ3v) is 4.92. The predicted molar refractivity (Wildman–Crippen MR) is 125 cm³/mol. The van der Waals surface area contributed by atoms with Crippen LogP contribution < -0.4 is 10.6 Å². The summed E-state index contributed by atoms with van der Waals surface area (Å²) in [6.07, 6.45) is 1.92. The van der Waals surface area contributed by atoms with Crippen molar-refractivity contribution in [2.45, 2.75) is 40.2 Å². The lowest BCUT2D eigenvalue weighted by atomic mass is 10.2. The summed E-state index contributed by atoms with van der Waals surface area (Å²) in [6.45, 7) is 10.0. The number of aromatic nitrogens is 1. The van der Waals surface area contributed by atoms with Crippen LogP contribution >= 0.6 is 35.3 Å². The van der Waals surface area contributed by atoms with Gasteiger partial charge in [0.05, 0.1) is 23.9 Å².